The lowest BCUT2D eigenvalue weighted by molar-refractivity contribution is 0.0891. The van der Waals surface area contributed by atoms with Crippen LogP contribution in [0.15, 0.2) is 12.1 Å². The SMILES string of the molecule is Cc1ccc(C(C)C)c2c1C(=O)C(CN(C)C)CCO2. The van der Waals surface area contributed by atoms with Crippen LogP contribution in [0.5, 0.6) is 5.75 Å². The van der Waals surface area contributed by atoms with Crippen LogP contribution in [0.4, 0.5) is 0 Å². The zero-order valence-electron chi connectivity index (χ0n) is 13.2. The van der Waals surface area contributed by atoms with E-state index in [-0.39, 0.29) is 11.7 Å². The molecule has 0 aliphatic carbocycles. The first-order chi connectivity index (χ1) is 9.41. The van der Waals surface area contributed by atoms with Gasteiger partial charge in [-0.3, -0.25) is 4.79 Å². The zero-order valence-corrected chi connectivity index (χ0v) is 13.2. The summed E-state index contributed by atoms with van der Waals surface area (Å²) in [6.07, 6.45) is 0.794. The van der Waals surface area contributed by atoms with Gasteiger partial charge in [-0.15, -0.1) is 0 Å². The number of Topliss-reactive ketones (excluding diaryl/α,β-unsaturated/α-hetero) is 1. The summed E-state index contributed by atoms with van der Waals surface area (Å²) in [4.78, 5) is 14.9. The maximum Gasteiger partial charge on any atom is 0.171 e. The van der Waals surface area contributed by atoms with Crippen LogP contribution in [0, 0.1) is 12.8 Å². The van der Waals surface area contributed by atoms with E-state index in [9.17, 15) is 4.79 Å². The normalized spacial score (nSPS) is 18.9. The van der Waals surface area contributed by atoms with Crippen LogP contribution in [0.25, 0.3) is 0 Å². The Hall–Kier alpha value is -1.35. The molecular weight excluding hydrogens is 250 g/mol. The third-order valence-corrected chi connectivity index (χ3v) is 3.93. The molecule has 1 atom stereocenters. The number of rotatable bonds is 3. The van der Waals surface area contributed by atoms with Gasteiger partial charge in [0, 0.05) is 12.5 Å². The molecule has 0 fully saturated rings. The Morgan fingerprint density at radius 3 is 2.65 bits per heavy atom. The molecule has 3 heteroatoms. The lowest BCUT2D eigenvalue weighted by atomic mass is 9.89. The molecule has 1 aliphatic heterocycles. The van der Waals surface area contributed by atoms with Gasteiger partial charge in [0.1, 0.15) is 5.75 Å². The van der Waals surface area contributed by atoms with E-state index >= 15 is 0 Å². The van der Waals surface area contributed by atoms with Crippen molar-refractivity contribution in [3.8, 4) is 5.75 Å². The third kappa shape index (κ3) is 2.88. The van der Waals surface area contributed by atoms with Crippen molar-refractivity contribution >= 4 is 5.78 Å². The van der Waals surface area contributed by atoms with Crippen LogP contribution in [0.3, 0.4) is 0 Å². The molecular formula is C17H25NO2. The molecule has 1 aromatic carbocycles. The van der Waals surface area contributed by atoms with E-state index in [2.05, 4.69) is 24.8 Å². The fourth-order valence-corrected chi connectivity index (χ4v) is 2.87. The minimum Gasteiger partial charge on any atom is -0.492 e. The topological polar surface area (TPSA) is 29.5 Å². The van der Waals surface area contributed by atoms with Crippen molar-refractivity contribution in [1.29, 1.82) is 0 Å². The van der Waals surface area contributed by atoms with Crippen LogP contribution in [0.1, 0.15) is 47.7 Å². The highest BCUT2D eigenvalue weighted by Crippen LogP contribution is 2.36. The van der Waals surface area contributed by atoms with Crippen LogP contribution >= 0.6 is 0 Å². The minimum absolute atomic E-state index is 0.0346. The van der Waals surface area contributed by atoms with Gasteiger partial charge >= 0.3 is 0 Å². The molecule has 110 valence electrons. The van der Waals surface area contributed by atoms with Crippen molar-refractivity contribution in [2.45, 2.75) is 33.1 Å². The number of aryl methyl sites for hydroxylation is 1. The molecule has 1 unspecified atom stereocenters. The molecule has 0 spiro atoms. The lowest BCUT2D eigenvalue weighted by Gasteiger charge is -2.19. The van der Waals surface area contributed by atoms with Gasteiger partial charge in [-0.2, -0.15) is 0 Å². The summed E-state index contributed by atoms with van der Waals surface area (Å²) in [5.74, 6) is 1.47. The first-order valence-corrected chi connectivity index (χ1v) is 7.37. The van der Waals surface area contributed by atoms with Gasteiger partial charge in [-0.25, -0.2) is 0 Å². The number of fused-ring (bicyclic) bond motifs is 1. The summed E-state index contributed by atoms with van der Waals surface area (Å²) in [6.45, 7) is 7.69. The maximum absolute atomic E-state index is 12.9. The highest BCUT2D eigenvalue weighted by molar-refractivity contribution is 6.02. The Labute approximate surface area is 121 Å². The van der Waals surface area contributed by atoms with E-state index in [0.29, 0.717) is 12.5 Å². The van der Waals surface area contributed by atoms with Gasteiger partial charge in [-0.1, -0.05) is 26.0 Å². The molecule has 0 radical (unpaired) electrons. The van der Waals surface area contributed by atoms with Gasteiger partial charge < -0.3 is 9.64 Å². The number of carbonyl (C=O) groups is 1. The molecule has 1 aromatic rings. The summed E-state index contributed by atoms with van der Waals surface area (Å²) >= 11 is 0. The summed E-state index contributed by atoms with van der Waals surface area (Å²) in [7, 11) is 4.02. The van der Waals surface area contributed by atoms with Gasteiger partial charge in [-0.05, 0) is 44.5 Å². The molecule has 0 aromatic heterocycles. The minimum atomic E-state index is 0.0346. The standard InChI is InChI=1S/C17H25NO2/c1-11(2)14-7-6-12(3)15-16(19)13(10-18(4)5)8-9-20-17(14)15/h6-7,11,13H,8-10H2,1-5H3. The van der Waals surface area contributed by atoms with Crippen molar-refractivity contribution < 1.29 is 9.53 Å². The number of nitrogens with zero attached hydrogens (tertiary/aromatic N) is 1. The monoisotopic (exact) mass is 275 g/mol. The molecule has 0 N–H and O–H groups in total. The molecule has 0 amide bonds. The molecule has 0 saturated heterocycles. The first-order valence-electron chi connectivity index (χ1n) is 7.37. The third-order valence-electron chi connectivity index (χ3n) is 3.93. The van der Waals surface area contributed by atoms with E-state index in [0.717, 1.165) is 35.4 Å². The van der Waals surface area contributed by atoms with Gasteiger partial charge in [0.2, 0.25) is 0 Å². The molecule has 20 heavy (non-hydrogen) atoms. The summed E-state index contributed by atoms with van der Waals surface area (Å²) in [6, 6.07) is 4.14. The van der Waals surface area contributed by atoms with Crippen LogP contribution < -0.4 is 4.74 Å². The largest absolute Gasteiger partial charge is 0.492 e. The summed E-state index contributed by atoms with van der Waals surface area (Å²) < 4.78 is 5.96. The summed E-state index contributed by atoms with van der Waals surface area (Å²) in [5, 5.41) is 0. The predicted molar refractivity (Wildman–Crippen MR) is 81.8 cm³/mol. The van der Waals surface area contributed by atoms with E-state index in [1.54, 1.807) is 0 Å². The molecule has 0 saturated carbocycles. The highest BCUT2D eigenvalue weighted by Gasteiger charge is 2.30. The second-order valence-electron chi connectivity index (χ2n) is 6.29. The Kier molecular flexibility index (Phi) is 4.48. The van der Waals surface area contributed by atoms with Crippen LogP contribution in [0.2, 0.25) is 0 Å². The number of carbonyl (C=O) groups excluding carboxylic acids is 1. The van der Waals surface area contributed by atoms with Crippen molar-refractivity contribution in [2.75, 3.05) is 27.2 Å². The van der Waals surface area contributed by atoms with Gasteiger partial charge in [0.05, 0.1) is 12.2 Å². The van der Waals surface area contributed by atoms with E-state index in [1.807, 2.05) is 27.1 Å². The van der Waals surface area contributed by atoms with Crippen molar-refractivity contribution in [2.24, 2.45) is 5.92 Å². The van der Waals surface area contributed by atoms with Crippen LogP contribution in [-0.4, -0.2) is 37.9 Å². The summed E-state index contributed by atoms with van der Waals surface area (Å²) in [5.41, 5.74) is 2.98. The van der Waals surface area contributed by atoms with E-state index in [4.69, 9.17) is 4.74 Å². The number of hydrogen-bond acceptors (Lipinski definition) is 3. The Morgan fingerprint density at radius 1 is 1.35 bits per heavy atom. The Bertz CT molecular complexity index is 506. The quantitative estimate of drug-likeness (QED) is 0.848. The predicted octanol–water partition coefficient (Wildman–Crippen LogP) is 3.26. The smallest absolute Gasteiger partial charge is 0.171 e. The van der Waals surface area contributed by atoms with E-state index in [1.165, 1.54) is 0 Å². The second kappa shape index (κ2) is 5.96. The Balaban J connectivity index is 2.48. The molecule has 3 nitrogen and oxygen atoms in total. The number of ketones is 1. The average Bonchev–Trinajstić information content (AvgIpc) is 2.50. The number of hydrogen-bond donors (Lipinski definition) is 0. The molecule has 1 heterocycles. The molecule has 0 bridgehead atoms. The maximum atomic E-state index is 12.9. The molecule has 1 aliphatic rings. The van der Waals surface area contributed by atoms with Crippen molar-refractivity contribution in [3.05, 3.63) is 28.8 Å². The second-order valence-corrected chi connectivity index (χ2v) is 6.29. The average molecular weight is 275 g/mol. The van der Waals surface area contributed by atoms with Gasteiger partial charge in [0.25, 0.3) is 0 Å². The fraction of sp³-hybridized carbons (Fsp3) is 0.588. The van der Waals surface area contributed by atoms with Gasteiger partial charge in [0.15, 0.2) is 5.78 Å². The van der Waals surface area contributed by atoms with E-state index < -0.39 is 0 Å². The fourth-order valence-electron chi connectivity index (χ4n) is 2.87. The van der Waals surface area contributed by atoms with Crippen molar-refractivity contribution in [3.63, 3.8) is 0 Å². The van der Waals surface area contributed by atoms with Crippen molar-refractivity contribution in [1.82, 2.24) is 4.90 Å². The van der Waals surface area contributed by atoms with Crippen LogP contribution in [-0.2, 0) is 0 Å². The Morgan fingerprint density at radius 2 is 2.05 bits per heavy atom. The number of ether oxygens (including phenoxy) is 1. The number of benzene rings is 1. The first kappa shape index (κ1) is 15.0. The highest BCUT2D eigenvalue weighted by atomic mass is 16.5. The zero-order chi connectivity index (χ0) is 14.9. The molecule has 2 rings (SSSR count). The lowest BCUT2D eigenvalue weighted by Crippen LogP contribution is -2.28.